The molecule has 0 aromatic heterocycles. The third-order valence-corrected chi connectivity index (χ3v) is 5.15. The zero-order chi connectivity index (χ0) is 13.2. The Hall–Kier alpha value is -0.0900. The second-order valence-corrected chi connectivity index (χ2v) is 6.87. The molecule has 1 amide bonds. The van der Waals surface area contributed by atoms with Crippen LogP contribution in [0.5, 0.6) is 0 Å². The summed E-state index contributed by atoms with van der Waals surface area (Å²) in [5.74, 6) is 0.564. The number of alkyl halides is 1. The molecule has 2 aliphatic rings. The summed E-state index contributed by atoms with van der Waals surface area (Å²) in [6.45, 7) is 6.68. The fourth-order valence-corrected chi connectivity index (χ4v) is 3.58. The van der Waals surface area contributed by atoms with E-state index in [0.717, 1.165) is 24.8 Å². The van der Waals surface area contributed by atoms with Gasteiger partial charge in [-0.05, 0) is 18.3 Å². The normalized spacial score (nSPS) is 32.3. The Morgan fingerprint density at radius 1 is 1.44 bits per heavy atom. The fraction of sp³-hybridized carbons (Fsp3) is 0.929. The topological polar surface area (TPSA) is 29.5 Å². The molecule has 0 N–H and O–H groups in total. The van der Waals surface area contributed by atoms with Crippen LogP contribution in [0.15, 0.2) is 0 Å². The largest absolute Gasteiger partial charge is 0.374 e. The maximum atomic E-state index is 12.7. The van der Waals surface area contributed by atoms with E-state index in [2.05, 4.69) is 29.8 Å². The molecule has 1 heterocycles. The molecule has 2 fully saturated rings. The smallest absolute Gasteiger partial charge is 0.226 e. The first-order valence-electron chi connectivity index (χ1n) is 7.01. The molecule has 104 valence electrons. The van der Waals surface area contributed by atoms with Crippen molar-refractivity contribution < 1.29 is 9.53 Å². The van der Waals surface area contributed by atoms with Crippen LogP contribution in [0, 0.1) is 11.3 Å². The number of carbonyl (C=O) groups excluding carboxylic acids is 1. The number of rotatable bonds is 2. The maximum absolute atomic E-state index is 12.7. The Labute approximate surface area is 118 Å². The van der Waals surface area contributed by atoms with Crippen LogP contribution in [0.2, 0.25) is 0 Å². The van der Waals surface area contributed by atoms with Crippen molar-refractivity contribution in [3.05, 3.63) is 0 Å². The molecule has 2 atom stereocenters. The molecule has 2 unspecified atom stereocenters. The molecule has 0 aromatic carbocycles. The van der Waals surface area contributed by atoms with Crippen LogP contribution >= 0.6 is 15.9 Å². The Kier molecular flexibility index (Phi) is 4.70. The van der Waals surface area contributed by atoms with Gasteiger partial charge in [-0.15, -0.1) is 0 Å². The number of carbonyl (C=O) groups is 1. The van der Waals surface area contributed by atoms with E-state index in [0.29, 0.717) is 12.5 Å². The minimum absolute atomic E-state index is 0.161. The Balaban J connectivity index is 2.01. The van der Waals surface area contributed by atoms with Crippen LogP contribution in [-0.4, -0.2) is 41.9 Å². The molecular weight excluding hydrogens is 294 g/mol. The number of hydrogen-bond acceptors (Lipinski definition) is 2. The van der Waals surface area contributed by atoms with Crippen molar-refractivity contribution in [2.45, 2.75) is 45.6 Å². The lowest BCUT2D eigenvalue weighted by Crippen LogP contribution is -2.51. The number of amides is 1. The van der Waals surface area contributed by atoms with Gasteiger partial charge in [0.1, 0.15) is 0 Å². The molecule has 0 radical (unpaired) electrons. The predicted octanol–water partition coefficient (Wildman–Crippen LogP) is 2.83. The summed E-state index contributed by atoms with van der Waals surface area (Å²) in [6, 6.07) is 0. The average molecular weight is 318 g/mol. The van der Waals surface area contributed by atoms with Crippen LogP contribution in [0.4, 0.5) is 0 Å². The summed E-state index contributed by atoms with van der Waals surface area (Å²) >= 11 is 3.44. The molecular formula is C14H24BrNO2. The second-order valence-electron chi connectivity index (χ2n) is 6.22. The highest BCUT2D eigenvalue weighted by atomic mass is 79.9. The van der Waals surface area contributed by atoms with Crippen molar-refractivity contribution in [3.8, 4) is 0 Å². The van der Waals surface area contributed by atoms with Gasteiger partial charge in [-0.3, -0.25) is 4.79 Å². The van der Waals surface area contributed by atoms with Crippen LogP contribution < -0.4 is 0 Å². The molecule has 2 rings (SSSR count). The summed E-state index contributed by atoms with van der Waals surface area (Å²) in [5.41, 5.74) is 0.164. The first-order chi connectivity index (χ1) is 8.54. The van der Waals surface area contributed by atoms with E-state index in [-0.39, 0.29) is 17.4 Å². The Morgan fingerprint density at radius 2 is 2.22 bits per heavy atom. The Bertz CT molecular complexity index is 306. The lowest BCUT2D eigenvalue weighted by molar-refractivity contribution is -0.147. The molecule has 1 aliphatic heterocycles. The zero-order valence-electron chi connectivity index (χ0n) is 11.5. The van der Waals surface area contributed by atoms with E-state index in [1.54, 1.807) is 0 Å². The van der Waals surface area contributed by atoms with E-state index in [4.69, 9.17) is 4.74 Å². The van der Waals surface area contributed by atoms with E-state index < -0.39 is 0 Å². The number of hydrogen-bond donors (Lipinski definition) is 0. The second kappa shape index (κ2) is 5.91. The van der Waals surface area contributed by atoms with Gasteiger partial charge in [0.15, 0.2) is 0 Å². The standard InChI is InChI=1S/C14H24BrNO2/c1-14(2)6-4-3-5-12(14)13(17)16-7-8-18-11(9-15)10-16/h11-12H,3-10H2,1-2H3. The summed E-state index contributed by atoms with van der Waals surface area (Å²) in [5, 5.41) is 0.810. The summed E-state index contributed by atoms with van der Waals surface area (Å²) in [6.07, 6.45) is 4.86. The van der Waals surface area contributed by atoms with E-state index in [1.165, 1.54) is 19.3 Å². The highest BCUT2D eigenvalue weighted by Gasteiger charge is 2.40. The van der Waals surface area contributed by atoms with Gasteiger partial charge in [0.2, 0.25) is 5.91 Å². The van der Waals surface area contributed by atoms with E-state index in [1.807, 2.05) is 4.90 Å². The molecule has 4 heteroatoms. The molecule has 0 aromatic rings. The summed E-state index contributed by atoms with van der Waals surface area (Å²) < 4.78 is 5.61. The minimum Gasteiger partial charge on any atom is -0.374 e. The molecule has 0 bridgehead atoms. The van der Waals surface area contributed by atoms with Crippen molar-refractivity contribution in [2.75, 3.05) is 25.0 Å². The van der Waals surface area contributed by atoms with Crippen LogP contribution in [0.1, 0.15) is 39.5 Å². The highest BCUT2D eigenvalue weighted by molar-refractivity contribution is 9.09. The average Bonchev–Trinajstić information content (AvgIpc) is 2.37. The fourth-order valence-electron chi connectivity index (χ4n) is 3.19. The van der Waals surface area contributed by atoms with Crippen molar-refractivity contribution in [2.24, 2.45) is 11.3 Å². The molecule has 1 aliphatic carbocycles. The highest BCUT2D eigenvalue weighted by Crippen LogP contribution is 2.41. The van der Waals surface area contributed by atoms with Gasteiger partial charge in [-0.25, -0.2) is 0 Å². The maximum Gasteiger partial charge on any atom is 0.226 e. The number of halogens is 1. The predicted molar refractivity (Wildman–Crippen MR) is 75.9 cm³/mol. The first-order valence-corrected chi connectivity index (χ1v) is 8.13. The number of ether oxygens (including phenoxy) is 1. The first kappa shape index (κ1) is 14.3. The van der Waals surface area contributed by atoms with Gasteiger partial charge in [0.25, 0.3) is 0 Å². The van der Waals surface area contributed by atoms with Crippen LogP contribution in [0.25, 0.3) is 0 Å². The third kappa shape index (κ3) is 3.08. The molecule has 3 nitrogen and oxygen atoms in total. The van der Waals surface area contributed by atoms with Gasteiger partial charge in [0.05, 0.1) is 12.7 Å². The quantitative estimate of drug-likeness (QED) is 0.733. The molecule has 18 heavy (non-hydrogen) atoms. The lowest BCUT2D eigenvalue weighted by atomic mass is 9.68. The van der Waals surface area contributed by atoms with Crippen molar-refractivity contribution >= 4 is 21.8 Å². The van der Waals surface area contributed by atoms with Crippen LogP contribution in [-0.2, 0) is 9.53 Å². The van der Waals surface area contributed by atoms with Gasteiger partial charge in [-0.1, -0.05) is 42.6 Å². The van der Waals surface area contributed by atoms with Gasteiger partial charge in [0, 0.05) is 24.3 Å². The van der Waals surface area contributed by atoms with Gasteiger partial charge in [-0.2, -0.15) is 0 Å². The Morgan fingerprint density at radius 3 is 2.89 bits per heavy atom. The van der Waals surface area contributed by atoms with Crippen molar-refractivity contribution in [1.82, 2.24) is 4.90 Å². The lowest BCUT2D eigenvalue weighted by Gasteiger charge is -2.42. The SMILES string of the molecule is CC1(C)CCCCC1C(=O)N1CCOC(CBr)C1. The minimum atomic E-state index is 0.161. The monoisotopic (exact) mass is 317 g/mol. The number of morpholine rings is 1. The molecule has 1 saturated carbocycles. The summed E-state index contributed by atoms with van der Waals surface area (Å²) in [4.78, 5) is 14.7. The third-order valence-electron chi connectivity index (χ3n) is 4.43. The summed E-state index contributed by atoms with van der Waals surface area (Å²) in [7, 11) is 0. The van der Waals surface area contributed by atoms with Gasteiger partial charge < -0.3 is 9.64 Å². The van der Waals surface area contributed by atoms with Crippen molar-refractivity contribution in [1.29, 1.82) is 0 Å². The van der Waals surface area contributed by atoms with E-state index >= 15 is 0 Å². The molecule has 1 saturated heterocycles. The number of nitrogens with zero attached hydrogens (tertiary/aromatic N) is 1. The van der Waals surface area contributed by atoms with Gasteiger partial charge >= 0.3 is 0 Å². The van der Waals surface area contributed by atoms with Crippen LogP contribution in [0.3, 0.4) is 0 Å². The van der Waals surface area contributed by atoms with E-state index in [9.17, 15) is 4.79 Å². The van der Waals surface area contributed by atoms with Crippen molar-refractivity contribution in [3.63, 3.8) is 0 Å². The zero-order valence-corrected chi connectivity index (χ0v) is 13.0. The molecule has 0 spiro atoms.